The molecule has 1 N–H and O–H groups in total. The van der Waals surface area contributed by atoms with Gasteiger partial charge in [0.05, 0.1) is 5.75 Å². The first-order valence-corrected chi connectivity index (χ1v) is 10.6. The van der Waals surface area contributed by atoms with E-state index < -0.39 is 15.8 Å². The van der Waals surface area contributed by atoms with E-state index in [9.17, 15) is 12.8 Å². The maximum Gasteiger partial charge on any atom is 0.227 e. The van der Waals surface area contributed by atoms with Crippen LogP contribution in [0, 0.1) is 12.7 Å². The van der Waals surface area contributed by atoms with E-state index >= 15 is 0 Å². The molecule has 0 saturated carbocycles. The SMILES string of the molecule is CCNc1cc(C)nc(N2CCN(S(=O)(=O)Cc3ccccc3F)CC2)n1. The lowest BCUT2D eigenvalue weighted by Crippen LogP contribution is -2.49. The number of nitrogens with zero attached hydrogens (tertiary/aromatic N) is 4. The molecule has 9 heteroatoms. The molecule has 1 saturated heterocycles. The number of aryl methyl sites for hydroxylation is 1. The van der Waals surface area contributed by atoms with Crippen LogP contribution in [0.5, 0.6) is 0 Å². The quantitative estimate of drug-likeness (QED) is 0.809. The fraction of sp³-hybridized carbons (Fsp3) is 0.444. The summed E-state index contributed by atoms with van der Waals surface area (Å²) in [6.45, 7) is 6.29. The van der Waals surface area contributed by atoms with Gasteiger partial charge in [-0.05, 0) is 19.9 Å². The van der Waals surface area contributed by atoms with E-state index in [1.54, 1.807) is 12.1 Å². The Kier molecular flexibility index (Phi) is 5.91. The molecule has 146 valence electrons. The molecule has 1 aliphatic heterocycles. The standard InChI is InChI=1S/C18H24FN5O2S/c1-3-20-17-12-14(2)21-18(22-17)23-8-10-24(11-9-23)27(25,26)13-15-6-4-5-7-16(15)19/h4-7,12H,3,8-11,13H2,1-2H3,(H,20,21,22). The lowest BCUT2D eigenvalue weighted by atomic mass is 10.2. The van der Waals surface area contributed by atoms with Crippen LogP contribution < -0.4 is 10.2 Å². The van der Waals surface area contributed by atoms with E-state index in [1.807, 2.05) is 24.8 Å². The van der Waals surface area contributed by atoms with Gasteiger partial charge < -0.3 is 10.2 Å². The van der Waals surface area contributed by atoms with E-state index in [0.717, 1.165) is 18.1 Å². The van der Waals surface area contributed by atoms with Crippen molar-refractivity contribution in [3.63, 3.8) is 0 Å². The highest BCUT2D eigenvalue weighted by Gasteiger charge is 2.29. The molecule has 0 atom stereocenters. The molecule has 0 radical (unpaired) electrons. The van der Waals surface area contributed by atoms with Crippen molar-refractivity contribution in [1.29, 1.82) is 0 Å². The highest BCUT2D eigenvalue weighted by Crippen LogP contribution is 2.19. The maximum absolute atomic E-state index is 13.8. The zero-order valence-electron chi connectivity index (χ0n) is 15.5. The second-order valence-electron chi connectivity index (χ2n) is 6.46. The van der Waals surface area contributed by atoms with Gasteiger partial charge in [0.15, 0.2) is 0 Å². The molecule has 1 aromatic heterocycles. The summed E-state index contributed by atoms with van der Waals surface area (Å²) >= 11 is 0. The maximum atomic E-state index is 13.8. The van der Waals surface area contributed by atoms with Gasteiger partial charge in [-0.15, -0.1) is 0 Å². The molecule has 0 aliphatic carbocycles. The molecule has 7 nitrogen and oxygen atoms in total. The van der Waals surface area contributed by atoms with Gasteiger partial charge in [0.25, 0.3) is 0 Å². The lowest BCUT2D eigenvalue weighted by molar-refractivity contribution is 0.381. The fourth-order valence-corrected chi connectivity index (χ4v) is 4.56. The topological polar surface area (TPSA) is 78.4 Å². The van der Waals surface area contributed by atoms with E-state index in [2.05, 4.69) is 15.3 Å². The number of aromatic nitrogens is 2. The molecule has 0 bridgehead atoms. The van der Waals surface area contributed by atoms with E-state index in [4.69, 9.17) is 0 Å². The Morgan fingerprint density at radius 2 is 1.85 bits per heavy atom. The Balaban J connectivity index is 1.67. The Hall–Kier alpha value is -2.26. The van der Waals surface area contributed by atoms with Crippen molar-refractivity contribution in [1.82, 2.24) is 14.3 Å². The minimum absolute atomic E-state index is 0.192. The van der Waals surface area contributed by atoms with Crippen LogP contribution in [0.4, 0.5) is 16.2 Å². The van der Waals surface area contributed by atoms with E-state index in [1.165, 1.54) is 16.4 Å². The van der Waals surface area contributed by atoms with Crippen LogP contribution in [-0.2, 0) is 15.8 Å². The average molecular weight is 393 g/mol. The number of piperazine rings is 1. The van der Waals surface area contributed by atoms with Gasteiger partial charge in [-0.3, -0.25) is 0 Å². The van der Waals surface area contributed by atoms with Gasteiger partial charge in [0.1, 0.15) is 11.6 Å². The molecular formula is C18H24FN5O2S. The van der Waals surface area contributed by atoms with E-state index in [-0.39, 0.29) is 11.3 Å². The van der Waals surface area contributed by atoms with Crippen molar-refractivity contribution in [3.8, 4) is 0 Å². The Morgan fingerprint density at radius 3 is 2.52 bits per heavy atom. The summed E-state index contributed by atoms with van der Waals surface area (Å²) < 4.78 is 40.5. The summed E-state index contributed by atoms with van der Waals surface area (Å²) in [4.78, 5) is 10.9. The monoisotopic (exact) mass is 393 g/mol. The number of nitrogens with one attached hydrogen (secondary N) is 1. The highest BCUT2D eigenvalue weighted by atomic mass is 32.2. The third kappa shape index (κ3) is 4.72. The van der Waals surface area contributed by atoms with Gasteiger partial charge >= 0.3 is 0 Å². The second kappa shape index (κ2) is 8.18. The molecule has 0 amide bonds. The van der Waals surface area contributed by atoms with Crippen molar-refractivity contribution in [2.24, 2.45) is 0 Å². The predicted molar refractivity (Wildman–Crippen MR) is 104 cm³/mol. The molecule has 1 aromatic carbocycles. The Bertz CT molecular complexity index is 898. The van der Waals surface area contributed by atoms with Crippen molar-refractivity contribution in [2.45, 2.75) is 19.6 Å². The fourth-order valence-electron chi connectivity index (χ4n) is 3.04. The second-order valence-corrected chi connectivity index (χ2v) is 8.43. The summed E-state index contributed by atoms with van der Waals surface area (Å²) in [5, 5.41) is 3.17. The third-order valence-corrected chi connectivity index (χ3v) is 6.24. The smallest absolute Gasteiger partial charge is 0.227 e. The van der Waals surface area contributed by atoms with Crippen LogP contribution >= 0.6 is 0 Å². The summed E-state index contributed by atoms with van der Waals surface area (Å²) in [7, 11) is -3.58. The summed E-state index contributed by atoms with van der Waals surface area (Å²) in [6.07, 6.45) is 0. The zero-order chi connectivity index (χ0) is 19.4. The lowest BCUT2D eigenvalue weighted by Gasteiger charge is -2.34. The Morgan fingerprint density at radius 1 is 1.15 bits per heavy atom. The van der Waals surface area contributed by atoms with E-state index in [0.29, 0.717) is 32.1 Å². The molecule has 1 fully saturated rings. The molecule has 0 spiro atoms. The summed E-state index contributed by atoms with van der Waals surface area (Å²) in [5.41, 5.74) is 1.04. The number of hydrogen-bond donors (Lipinski definition) is 1. The van der Waals surface area contributed by atoms with Crippen LogP contribution in [0.3, 0.4) is 0 Å². The molecule has 1 aliphatic rings. The summed E-state index contributed by atoms with van der Waals surface area (Å²) in [6, 6.07) is 7.85. The molecule has 0 unspecified atom stereocenters. The number of sulfonamides is 1. The zero-order valence-corrected chi connectivity index (χ0v) is 16.3. The van der Waals surface area contributed by atoms with Gasteiger partial charge in [-0.2, -0.15) is 9.29 Å². The number of hydrogen-bond acceptors (Lipinski definition) is 6. The Labute approximate surface area is 159 Å². The van der Waals surface area contributed by atoms with Crippen molar-refractivity contribution < 1.29 is 12.8 Å². The van der Waals surface area contributed by atoms with Crippen molar-refractivity contribution in [3.05, 3.63) is 47.4 Å². The molecule has 3 rings (SSSR count). The largest absolute Gasteiger partial charge is 0.370 e. The van der Waals surface area contributed by atoms with Crippen LogP contribution in [0.2, 0.25) is 0 Å². The minimum atomic E-state index is -3.58. The average Bonchev–Trinajstić information content (AvgIpc) is 2.63. The van der Waals surface area contributed by atoms with Crippen molar-refractivity contribution in [2.75, 3.05) is 42.9 Å². The van der Waals surface area contributed by atoms with Crippen LogP contribution in [-0.4, -0.2) is 55.4 Å². The minimum Gasteiger partial charge on any atom is -0.370 e. The first kappa shape index (κ1) is 19.5. The van der Waals surface area contributed by atoms with Gasteiger partial charge in [0.2, 0.25) is 16.0 Å². The number of rotatable bonds is 6. The number of halogens is 1. The van der Waals surface area contributed by atoms with Crippen LogP contribution in [0.25, 0.3) is 0 Å². The predicted octanol–water partition coefficient (Wildman–Crippen LogP) is 2.01. The van der Waals surface area contributed by atoms with Gasteiger partial charge in [-0.1, -0.05) is 18.2 Å². The third-order valence-electron chi connectivity index (χ3n) is 4.41. The van der Waals surface area contributed by atoms with Gasteiger partial charge in [0, 0.05) is 50.0 Å². The normalized spacial score (nSPS) is 15.7. The molecule has 27 heavy (non-hydrogen) atoms. The molecule has 2 aromatic rings. The number of benzene rings is 1. The first-order chi connectivity index (χ1) is 12.9. The molecule has 2 heterocycles. The van der Waals surface area contributed by atoms with Crippen LogP contribution in [0.15, 0.2) is 30.3 Å². The van der Waals surface area contributed by atoms with Crippen LogP contribution in [0.1, 0.15) is 18.2 Å². The molecular weight excluding hydrogens is 369 g/mol. The number of anilines is 2. The highest BCUT2D eigenvalue weighted by molar-refractivity contribution is 7.88. The van der Waals surface area contributed by atoms with Crippen molar-refractivity contribution >= 4 is 21.8 Å². The first-order valence-electron chi connectivity index (χ1n) is 8.95. The summed E-state index contributed by atoms with van der Waals surface area (Å²) in [5.74, 6) is 0.529. The van der Waals surface area contributed by atoms with Gasteiger partial charge in [-0.25, -0.2) is 17.8 Å².